The van der Waals surface area contributed by atoms with Crippen molar-refractivity contribution in [3.63, 3.8) is 0 Å². The third kappa shape index (κ3) is 4.62. The number of aromatic nitrogens is 1. The summed E-state index contributed by atoms with van der Waals surface area (Å²) in [7, 11) is 0. The second kappa shape index (κ2) is 6.08. The van der Waals surface area contributed by atoms with Crippen LogP contribution in [0, 0.1) is 13.8 Å². The highest BCUT2D eigenvalue weighted by molar-refractivity contribution is 7.13. The minimum absolute atomic E-state index is 0.550. The van der Waals surface area contributed by atoms with Crippen molar-refractivity contribution in [3.8, 4) is 5.19 Å². The lowest BCUT2D eigenvalue weighted by Crippen LogP contribution is -2.24. The first kappa shape index (κ1) is 12.5. The fourth-order valence-electron chi connectivity index (χ4n) is 1.13. The van der Waals surface area contributed by atoms with E-state index in [1.165, 1.54) is 4.88 Å². The van der Waals surface area contributed by atoms with Crippen molar-refractivity contribution in [3.05, 3.63) is 10.6 Å². The lowest BCUT2D eigenvalue weighted by molar-refractivity contribution is 0.304. The van der Waals surface area contributed by atoms with E-state index in [4.69, 9.17) is 4.74 Å². The van der Waals surface area contributed by atoms with Crippen LogP contribution in [0.4, 0.5) is 0 Å². The van der Waals surface area contributed by atoms with Crippen LogP contribution in [0.5, 0.6) is 5.19 Å². The second-order valence-corrected chi connectivity index (χ2v) is 5.10. The Morgan fingerprint density at radius 1 is 1.40 bits per heavy atom. The van der Waals surface area contributed by atoms with Crippen molar-refractivity contribution >= 4 is 11.3 Å². The number of thiazole rings is 1. The number of rotatable bonds is 6. The van der Waals surface area contributed by atoms with Crippen molar-refractivity contribution in [1.82, 2.24) is 10.3 Å². The zero-order chi connectivity index (χ0) is 11.3. The molecule has 0 saturated carbocycles. The molecule has 1 heterocycles. The van der Waals surface area contributed by atoms with E-state index < -0.39 is 0 Å². The van der Waals surface area contributed by atoms with Gasteiger partial charge in [0.2, 0.25) is 0 Å². The fraction of sp³-hybridized carbons (Fsp3) is 0.727. The van der Waals surface area contributed by atoms with Crippen LogP contribution in [-0.2, 0) is 0 Å². The topological polar surface area (TPSA) is 34.1 Å². The average molecular weight is 228 g/mol. The van der Waals surface area contributed by atoms with Gasteiger partial charge in [-0.2, -0.15) is 0 Å². The monoisotopic (exact) mass is 228 g/mol. The Balaban J connectivity index is 2.15. The molecule has 4 heteroatoms. The van der Waals surface area contributed by atoms with Gasteiger partial charge in [-0.05, 0) is 26.8 Å². The number of hydrogen-bond donors (Lipinski definition) is 1. The summed E-state index contributed by atoms with van der Waals surface area (Å²) in [5.41, 5.74) is 1.08. The van der Waals surface area contributed by atoms with Gasteiger partial charge in [0.15, 0.2) is 0 Å². The molecule has 0 radical (unpaired) electrons. The lowest BCUT2D eigenvalue weighted by atomic mass is 10.3. The highest BCUT2D eigenvalue weighted by atomic mass is 32.1. The van der Waals surface area contributed by atoms with E-state index in [0.29, 0.717) is 6.04 Å². The van der Waals surface area contributed by atoms with E-state index in [2.05, 4.69) is 31.1 Å². The highest BCUT2D eigenvalue weighted by Crippen LogP contribution is 2.23. The second-order valence-electron chi connectivity index (χ2n) is 3.93. The first-order valence-electron chi connectivity index (χ1n) is 5.40. The molecule has 0 aromatic carbocycles. The van der Waals surface area contributed by atoms with Gasteiger partial charge in [0.1, 0.15) is 0 Å². The Morgan fingerprint density at radius 2 is 2.13 bits per heavy atom. The molecule has 1 aromatic heterocycles. The molecule has 0 spiro atoms. The molecule has 0 fully saturated rings. The van der Waals surface area contributed by atoms with Crippen LogP contribution in [0.15, 0.2) is 0 Å². The number of nitrogens with one attached hydrogen (secondary N) is 1. The van der Waals surface area contributed by atoms with E-state index in [9.17, 15) is 0 Å². The maximum Gasteiger partial charge on any atom is 0.273 e. The van der Waals surface area contributed by atoms with Crippen LogP contribution < -0.4 is 10.1 Å². The molecule has 1 N–H and O–H groups in total. The van der Waals surface area contributed by atoms with Gasteiger partial charge >= 0.3 is 0 Å². The summed E-state index contributed by atoms with van der Waals surface area (Å²) >= 11 is 1.62. The third-order valence-electron chi connectivity index (χ3n) is 2.11. The Hall–Kier alpha value is -0.610. The standard InChI is InChI=1S/C11H20N2OS/c1-8(2)12-6-5-7-14-11-13-9(3)10(4)15-11/h8,12H,5-7H2,1-4H3. The van der Waals surface area contributed by atoms with Gasteiger partial charge in [-0.3, -0.25) is 0 Å². The van der Waals surface area contributed by atoms with Gasteiger partial charge in [-0.1, -0.05) is 25.2 Å². The van der Waals surface area contributed by atoms with E-state index in [-0.39, 0.29) is 0 Å². The summed E-state index contributed by atoms with van der Waals surface area (Å²) in [6.07, 6.45) is 1.02. The quantitative estimate of drug-likeness (QED) is 0.760. The van der Waals surface area contributed by atoms with Gasteiger partial charge in [0.25, 0.3) is 5.19 Å². The van der Waals surface area contributed by atoms with Crippen LogP contribution >= 0.6 is 11.3 Å². The molecule has 0 amide bonds. The SMILES string of the molecule is Cc1nc(OCCCNC(C)C)sc1C. The molecule has 0 aliphatic rings. The van der Waals surface area contributed by atoms with Crippen molar-refractivity contribution in [2.24, 2.45) is 0 Å². The minimum Gasteiger partial charge on any atom is -0.470 e. The molecule has 0 unspecified atom stereocenters. The van der Waals surface area contributed by atoms with E-state index in [0.717, 1.165) is 30.5 Å². The van der Waals surface area contributed by atoms with E-state index >= 15 is 0 Å². The van der Waals surface area contributed by atoms with Gasteiger partial charge < -0.3 is 10.1 Å². The number of ether oxygens (including phenoxy) is 1. The molecule has 15 heavy (non-hydrogen) atoms. The maximum atomic E-state index is 5.56. The van der Waals surface area contributed by atoms with Gasteiger partial charge in [0.05, 0.1) is 12.3 Å². The van der Waals surface area contributed by atoms with Crippen LogP contribution in [-0.4, -0.2) is 24.2 Å². The first-order valence-corrected chi connectivity index (χ1v) is 6.21. The summed E-state index contributed by atoms with van der Waals surface area (Å²) in [6, 6.07) is 0.550. The molecule has 3 nitrogen and oxygen atoms in total. The summed E-state index contributed by atoms with van der Waals surface area (Å²) < 4.78 is 5.56. The zero-order valence-electron chi connectivity index (χ0n) is 9.96. The van der Waals surface area contributed by atoms with Crippen LogP contribution in [0.25, 0.3) is 0 Å². The first-order chi connectivity index (χ1) is 7.09. The smallest absolute Gasteiger partial charge is 0.273 e. The Morgan fingerprint density at radius 3 is 2.67 bits per heavy atom. The van der Waals surface area contributed by atoms with Crippen molar-refractivity contribution in [2.45, 2.75) is 40.2 Å². The Kier molecular flexibility index (Phi) is 5.05. The summed E-state index contributed by atoms with van der Waals surface area (Å²) in [6.45, 7) is 10.1. The van der Waals surface area contributed by atoms with E-state index in [1.807, 2.05) is 6.92 Å². The normalized spacial score (nSPS) is 11.0. The number of nitrogens with zero attached hydrogens (tertiary/aromatic N) is 1. The summed E-state index contributed by atoms with van der Waals surface area (Å²) in [4.78, 5) is 5.56. The van der Waals surface area contributed by atoms with Crippen molar-refractivity contribution in [1.29, 1.82) is 0 Å². The Labute approximate surface area is 95.9 Å². The predicted molar refractivity (Wildman–Crippen MR) is 64.8 cm³/mol. The molecule has 0 atom stereocenters. The van der Waals surface area contributed by atoms with Gasteiger partial charge in [-0.25, -0.2) is 4.98 Å². The maximum absolute atomic E-state index is 5.56. The van der Waals surface area contributed by atoms with Crippen molar-refractivity contribution < 1.29 is 4.74 Å². The molecule has 1 aromatic rings. The predicted octanol–water partition coefficient (Wildman–Crippen LogP) is 2.53. The molecule has 1 rings (SSSR count). The summed E-state index contributed by atoms with van der Waals surface area (Å²) in [5, 5.41) is 4.15. The third-order valence-corrected chi connectivity index (χ3v) is 3.09. The van der Waals surface area contributed by atoms with Gasteiger partial charge in [-0.15, -0.1) is 0 Å². The highest BCUT2D eigenvalue weighted by Gasteiger charge is 2.03. The minimum atomic E-state index is 0.550. The van der Waals surface area contributed by atoms with Crippen LogP contribution in [0.2, 0.25) is 0 Å². The van der Waals surface area contributed by atoms with Crippen LogP contribution in [0.3, 0.4) is 0 Å². The molecule has 0 saturated heterocycles. The zero-order valence-corrected chi connectivity index (χ0v) is 10.8. The molecule has 86 valence electrons. The van der Waals surface area contributed by atoms with Crippen LogP contribution in [0.1, 0.15) is 30.8 Å². The lowest BCUT2D eigenvalue weighted by Gasteiger charge is -2.07. The number of aryl methyl sites for hydroxylation is 2. The molecule has 0 bridgehead atoms. The molecular formula is C11H20N2OS. The fourth-order valence-corrected chi connectivity index (χ4v) is 1.91. The molecule has 0 aliphatic carbocycles. The Bertz CT molecular complexity index is 277. The van der Waals surface area contributed by atoms with Crippen molar-refractivity contribution in [2.75, 3.05) is 13.2 Å². The van der Waals surface area contributed by atoms with E-state index in [1.54, 1.807) is 11.3 Å². The average Bonchev–Trinajstić information content (AvgIpc) is 2.45. The summed E-state index contributed by atoms with van der Waals surface area (Å²) in [5.74, 6) is 0. The van der Waals surface area contributed by atoms with Gasteiger partial charge in [0, 0.05) is 10.9 Å². The number of hydrogen-bond acceptors (Lipinski definition) is 4. The molecule has 0 aliphatic heterocycles. The molecular weight excluding hydrogens is 208 g/mol. The largest absolute Gasteiger partial charge is 0.470 e.